The molecule has 2 amide bonds. The molecular formula is C26H36N2O3. The summed E-state index contributed by atoms with van der Waals surface area (Å²) < 4.78 is 5.23. The Labute approximate surface area is 186 Å². The summed E-state index contributed by atoms with van der Waals surface area (Å²) in [4.78, 5) is 27.8. The first-order valence-corrected chi connectivity index (χ1v) is 11.2. The average Bonchev–Trinajstić information content (AvgIpc) is 2.77. The van der Waals surface area contributed by atoms with Crippen LogP contribution in [-0.2, 0) is 29.0 Å². The molecule has 2 aromatic carbocycles. The topological polar surface area (TPSA) is 58.6 Å². The van der Waals surface area contributed by atoms with Crippen LogP contribution >= 0.6 is 0 Å². The molecule has 2 rings (SSSR count). The van der Waals surface area contributed by atoms with Gasteiger partial charge in [0.2, 0.25) is 11.8 Å². The van der Waals surface area contributed by atoms with E-state index in [0.29, 0.717) is 25.8 Å². The molecule has 168 valence electrons. The number of hydrogen-bond donors (Lipinski definition) is 1. The molecule has 0 aromatic heterocycles. The molecule has 0 aliphatic rings. The number of rotatable bonds is 11. The molecule has 31 heavy (non-hydrogen) atoms. The highest BCUT2D eigenvalue weighted by molar-refractivity contribution is 5.87. The minimum Gasteiger partial charge on any atom is -0.497 e. The van der Waals surface area contributed by atoms with Gasteiger partial charge in [-0.3, -0.25) is 9.59 Å². The first-order valence-electron chi connectivity index (χ1n) is 11.2. The number of aryl methyl sites for hydroxylation is 2. The molecule has 0 saturated heterocycles. The number of hydrogen-bond acceptors (Lipinski definition) is 3. The van der Waals surface area contributed by atoms with Gasteiger partial charge in [0.25, 0.3) is 0 Å². The van der Waals surface area contributed by atoms with Crippen molar-refractivity contribution >= 4 is 11.8 Å². The second kappa shape index (κ2) is 12.1. The minimum atomic E-state index is -0.500. The van der Waals surface area contributed by atoms with Gasteiger partial charge in [0, 0.05) is 19.0 Å². The van der Waals surface area contributed by atoms with Crippen LogP contribution in [0, 0.1) is 0 Å². The summed E-state index contributed by atoms with van der Waals surface area (Å²) >= 11 is 0. The molecule has 0 saturated carbocycles. The number of benzene rings is 2. The molecule has 0 bridgehead atoms. The van der Waals surface area contributed by atoms with Crippen molar-refractivity contribution in [2.45, 2.75) is 72.0 Å². The van der Waals surface area contributed by atoms with E-state index in [0.717, 1.165) is 23.3 Å². The van der Waals surface area contributed by atoms with Gasteiger partial charge in [0.05, 0.1) is 7.11 Å². The Morgan fingerprint density at radius 1 is 0.935 bits per heavy atom. The van der Waals surface area contributed by atoms with Crippen LogP contribution in [0.4, 0.5) is 0 Å². The van der Waals surface area contributed by atoms with E-state index in [1.165, 1.54) is 5.56 Å². The number of methoxy groups -OCH3 is 1. The van der Waals surface area contributed by atoms with Gasteiger partial charge in [-0.1, -0.05) is 50.2 Å². The van der Waals surface area contributed by atoms with Crippen molar-refractivity contribution in [2.75, 3.05) is 7.11 Å². The van der Waals surface area contributed by atoms with Gasteiger partial charge in [-0.2, -0.15) is 0 Å². The normalized spacial score (nSPS) is 11.8. The molecule has 0 unspecified atom stereocenters. The molecule has 0 aliphatic heterocycles. The number of nitrogens with one attached hydrogen (secondary N) is 1. The summed E-state index contributed by atoms with van der Waals surface area (Å²) in [6.07, 6.45) is 2.58. The highest BCUT2D eigenvalue weighted by Crippen LogP contribution is 2.18. The molecule has 2 aromatic rings. The standard InChI is InChI=1S/C26H36N2O3/c1-6-20-8-10-21(11-9-20)14-17-25(29)28(24(7-2)26(30)27-19(3)4)18-22-12-15-23(31-5)16-13-22/h8-13,15-16,19,24H,6-7,14,17-18H2,1-5H3,(H,27,30)/t24-/m1/s1. The molecule has 5 nitrogen and oxygen atoms in total. The number of ether oxygens (including phenoxy) is 1. The fourth-order valence-electron chi connectivity index (χ4n) is 3.56. The van der Waals surface area contributed by atoms with Crippen LogP contribution in [-0.4, -0.2) is 35.9 Å². The van der Waals surface area contributed by atoms with Crippen molar-refractivity contribution in [1.29, 1.82) is 0 Å². The fourth-order valence-corrected chi connectivity index (χ4v) is 3.56. The molecule has 0 spiro atoms. The van der Waals surface area contributed by atoms with Crippen LogP contribution in [0.3, 0.4) is 0 Å². The molecule has 0 aliphatic carbocycles. The average molecular weight is 425 g/mol. The van der Waals surface area contributed by atoms with Crippen LogP contribution < -0.4 is 10.1 Å². The highest BCUT2D eigenvalue weighted by Gasteiger charge is 2.28. The van der Waals surface area contributed by atoms with Crippen molar-refractivity contribution in [3.8, 4) is 5.75 Å². The summed E-state index contributed by atoms with van der Waals surface area (Å²) in [6.45, 7) is 8.33. The van der Waals surface area contributed by atoms with Gasteiger partial charge in [0.1, 0.15) is 11.8 Å². The Hall–Kier alpha value is -2.82. The summed E-state index contributed by atoms with van der Waals surface area (Å²) in [6, 6.07) is 15.6. The van der Waals surface area contributed by atoms with Gasteiger partial charge in [-0.05, 0) is 61.9 Å². The zero-order valence-corrected chi connectivity index (χ0v) is 19.5. The van der Waals surface area contributed by atoms with Crippen molar-refractivity contribution in [1.82, 2.24) is 10.2 Å². The summed E-state index contributed by atoms with van der Waals surface area (Å²) in [7, 11) is 1.63. The first kappa shape index (κ1) is 24.4. The van der Waals surface area contributed by atoms with Gasteiger partial charge < -0.3 is 15.0 Å². The third-order valence-corrected chi connectivity index (χ3v) is 5.39. The Balaban J connectivity index is 2.18. The maximum absolute atomic E-state index is 13.3. The smallest absolute Gasteiger partial charge is 0.243 e. The number of carbonyl (C=O) groups excluding carboxylic acids is 2. The van der Waals surface area contributed by atoms with E-state index in [4.69, 9.17) is 4.74 Å². The Bertz CT molecular complexity index is 829. The third kappa shape index (κ3) is 7.42. The highest BCUT2D eigenvalue weighted by atomic mass is 16.5. The van der Waals surface area contributed by atoms with Crippen molar-refractivity contribution < 1.29 is 14.3 Å². The van der Waals surface area contributed by atoms with Crippen molar-refractivity contribution in [2.24, 2.45) is 0 Å². The minimum absolute atomic E-state index is 0.0128. The molecule has 0 heterocycles. The van der Waals surface area contributed by atoms with Crippen LogP contribution in [0.15, 0.2) is 48.5 Å². The molecule has 5 heteroatoms. The second-order valence-electron chi connectivity index (χ2n) is 8.13. The maximum Gasteiger partial charge on any atom is 0.243 e. The molecule has 1 N–H and O–H groups in total. The van der Waals surface area contributed by atoms with Crippen LogP contribution in [0.1, 0.15) is 57.2 Å². The lowest BCUT2D eigenvalue weighted by Gasteiger charge is -2.31. The molecular weight excluding hydrogens is 388 g/mol. The number of nitrogens with zero attached hydrogens (tertiary/aromatic N) is 1. The van der Waals surface area contributed by atoms with Gasteiger partial charge in [-0.15, -0.1) is 0 Å². The number of carbonyl (C=O) groups is 2. The van der Waals surface area contributed by atoms with Crippen molar-refractivity contribution in [3.05, 3.63) is 65.2 Å². The number of amides is 2. The lowest BCUT2D eigenvalue weighted by atomic mass is 10.0. The van der Waals surface area contributed by atoms with E-state index in [2.05, 4.69) is 36.5 Å². The Kier molecular flexibility index (Phi) is 9.57. The largest absolute Gasteiger partial charge is 0.497 e. The predicted octanol–water partition coefficient (Wildman–Crippen LogP) is 4.52. The zero-order valence-electron chi connectivity index (χ0n) is 19.5. The van der Waals surface area contributed by atoms with Crippen LogP contribution in [0.25, 0.3) is 0 Å². The van der Waals surface area contributed by atoms with Crippen LogP contribution in [0.5, 0.6) is 5.75 Å². The zero-order chi connectivity index (χ0) is 22.8. The van der Waals surface area contributed by atoms with E-state index in [9.17, 15) is 9.59 Å². The lowest BCUT2D eigenvalue weighted by Crippen LogP contribution is -2.50. The molecule has 0 fully saturated rings. The van der Waals surface area contributed by atoms with E-state index >= 15 is 0 Å². The SMILES string of the molecule is CCc1ccc(CCC(=O)N(Cc2ccc(OC)cc2)[C@H](CC)C(=O)NC(C)C)cc1. The van der Waals surface area contributed by atoms with E-state index in [-0.39, 0.29) is 17.9 Å². The first-order chi connectivity index (χ1) is 14.9. The Morgan fingerprint density at radius 3 is 2.03 bits per heavy atom. The Morgan fingerprint density at radius 2 is 1.52 bits per heavy atom. The monoisotopic (exact) mass is 424 g/mol. The molecule has 1 atom stereocenters. The van der Waals surface area contributed by atoms with E-state index < -0.39 is 6.04 Å². The second-order valence-corrected chi connectivity index (χ2v) is 8.13. The van der Waals surface area contributed by atoms with Gasteiger partial charge in [0.15, 0.2) is 0 Å². The fraction of sp³-hybridized carbons (Fsp3) is 0.462. The summed E-state index contributed by atoms with van der Waals surface area (Å²) in [5, 5.41) is 2.97. The van der Waals surface area contributed by atoms with Crippen molar-refractivity contribution in [3.63, 3.8) is 0 Å². The maximum atomic E-state index is 13.3. The van der Waals surface area contributed by atoms with E-state index in [1.807, 2.05) is 45.0 Å². The molecule has 0 radical (unpaired) electrons. The third-order valence-electron chi connectivity index (χ3n) is 5.39. The summed E-state index contributed by atoms with van der Waals surface area (Å²) in [5.74, 6) is 0.648. The predicted molar refractivity (Wildman–Crippen MR) is 125 cm³/mol. The van der Waals surface area contributed by atoms with E-state index in [1.54, 1.807) is 12.0 Å². The quantitative estimate of drug-likeness (QED) is 0.577. The summed E-state index contributed by atoms with van der Waals surface area (Å²) in [5.41, 5.74) is 3.39. The van der Waals surface area contributed by atoms with Gasteiger partial charge in [-0.25, -0.2) is 0 Å². The van der Waals surface area contributed by atoms with Crippen LogP contribution in [0.2, 0.25) is 0 Å². The van der Waals surface area contributed by atoms with Gasteiger partial charge >= 0.3 is 0 Å². The lowest BCUT2D eigenvalue weighted by molar-refractivity contribution is -0.141.